The zero-order valence-corrected chi connectivity index (χ0v) is 17.8. The van der Waals surface area contributed by atoms with Gasteiger partial charge in [-0.2, -0.15) is 18.4 Å². The van der Waals surface area contributed by atoms with Gasteiger partial charge in [-0.05, 0) is 55.0 Å². The Morgan fingerprint density at radius 3 is 2.10 bits per heavy atom. The third-order valence-electron chi connectivity index (χ3n) is 5.04. The highest BCUT2D eigenvalue weighted by Crippen LogP contribution is 2.33. The second-order valence-corrected chi connectivity index (χ2v) is 7.28. The Morgan fingerprint density at radius 1 is 1.06 bits per heavy atom. The molecule has 0 bridgehead atoms. The van der Waals surface area contributed by atoms with E-state index in [4.69, 9.17) is 17.5 Å². The summed E-state index contributed by atoms with van der Waals surface area (Å²) in [7, 11) is 1.78. The number of halogens is 3. The van der Waals surface area contributed by atoms with Crippen LogP contribution in [-0.2, 0) is 6.18 Å². The lowest BCUT2D eigenvalue weighted by Gasteiger charge is -2.13. The predicted octanol–water partition coefficient (Wildman–Crippen LogP) is 4.21. The fraction of sp³-hybridized carbons (Fsp3) is 0.130. The van der Waals surface area contributed by atoms with Gasteiger partial charge in [0.25, 0.3) is 0 Å². The fourth-order valence-corrected chi connectivity index (χ4v) is 3.82. The number of nitrogens with zero attached hydrogens (tertiary/aromatic N) is 3. The van der Waals surface area contributed by atoms with Crippen LogP contribution in [-0.4, -0.2) is 16.2 Å². The Bertz CT molecular complexity index is 1400. The molecule has 0 unspecified atom stereocenters. The molecule has 0 amide bonds. The number of alkyl halides is 3. The average molecular weight is 440 g/mol. The first-order valence-electron chi connectivity index (χ1n) is 9.12. The van der Waals surface area contributed by atoms with Crippen molar-refractivity contribution in [1.82, 2.24) is 14.5 Å². The van der Waals surface area contributed by atoms with Crippen molar-refractivity contribution in [1.29, 1.82) is 5.26 Å². The van der Waals surface area contributed by atoms with E-state index in [1.165, 1.54) is 10.6 Å². The van der Waals surface area contributed by atoms with E-state index in [1.807, 2.05) is 25.1 Å². The predicted molar refractivity (Wildman–Crippen MR) is 119 cm³/mol. The molecule has 1 heterocycles. The molecule has 0 spiro atoms. The number of hydrogen-bond acceptors (Lipinski definition) is 3. The summed E-state index contributed by atoms with van der Waals surface area (Å²) in [4.78, 5) is 0. The molecule has 8 heteroatoms. The quantitative estimate of drug-likeness (QED) is 0.619. The molecule has 0 atom stereocenters. The molecule has 0 radical (unpaired) electrons. The van der Waals surface area contributed by atoms with Crippen LogP contribution in [0.25, 0.3) is 30.2 Å². The summed E-state index contributed by atoms with van der Waals surface area (Å²) in [6.45, 7) is 13.9. The van der Waals surface area contributed by atoms with E-state index in [-0.39, 0.29) is 10.5 Å². The van der Waals surface area contributed by atoms with Crippen LogP contribution in [0.4, 0.5) is 13.2 Å². The maximum atomic E-state index is 13.4. The number of rotatable bonds is 4. The van der Waals surface area contributed by atoms with E-state index in [2.05, 4.69) is 25.1 Å². The third-order valence-corrected chi connectivity index (χ3v) is 5.40. The van der Waals surface area contributed by atoms with Crippen molar-refractivity contribution in [2.24, 2.45) is 0 Å². The summed E-state index contributed by atoms with van der Waals surface area (Å²) < 4.78 is 43.6. The lowest BCUT2D eigenvalue weighted by atomic mass is 10.1. The lowest BCUT2D eigenvalue weighted by molar-refractivity contribution is -0.137. The Morgan fingerprint density at radius 2 is 1.61 bits per heavy atom. The minimum Gasteiger partial charge on any atom is -0.388 e. The Labute approximate surface area is 182 Å². The van der Waals surface area contributed by atoms with Gasteiger partial charge in [0.15, 0.2) is 4.77 Å². The number of aromatic nitrogens is 2. The van der Waals surface area contributed by atoms with Gasteiger partial charge < -0.3 is 5.32 Å². The van der Waals surface area contributed by atoms with Crippen LogP contribution in [0.5, 0.6) is 0 Å². The standard InChI is InChI=1S/C23H19F3N4S/c1-13-10-18(8-9-20(13)14(2)28-5)29-15(3)16(4)30(22(29)31)19-7-6-17(12-27)21(11-19)23(24,25)26/h6-11,28H,2-4H2,1,5H3. The molecule has 3 rings (SSSR count). The topological polar surface area (TPSA) is 45.7 Å². The number of nitriles is 1. The molecule has 1 N–H and O–H groups in total. The van der Waals surface area contributed by atoms with Crippen molar-refractivity contribution in [2.45, 2.75) is 13.1 Å². The first-order chi connectivity index (χ1) is 14.5. The van der Waals surface area contributed by atoms with Gasteiger partial charge in [-0.15, -0.1) is 0 Å². The van der Waals surface area contributed by atoms with E-state index in [0.29, 0.717) is 16.4 Å². The summed E-state index contributed by atoms with van der Waals surface area (Å²) in [5.74, 6) is 0. The third kappa shape index (κ3) is 3.80. The number of imidazole rings is 1. The summed E-state index contributed by atoms with van der Waals surface area (Å²) >= 11 is 5.58. The van der Waals surface area contributed by atoms with Gasteiger partial charge in [-0.3, -0.25) is 9.13 Å². The van der Waals surface area contributed by atoms with Gasteiger partial charge in [0.1, 0.15) is 0 Å². The van der Waals surface area contributed by atoms with Crippen molar-refractivity contribution in [3.63, 3.8) is 0 Å². The Hall–Kier alpha value is -3.57. The lowest BCUT2D eigenvalue weighted by Crippen LogP contribution is -2.29. The number of aryl methyl sites for hydroxylation is 1. The number of benzene rings is 2. The Balaban J connectivity index is 2.25. The first-order valence-corrected chi connectivity index (χ1v) is 9.53. The summed E-state index contributed by atoms with van der Waals surface area (Å²) in [6.07, 6.45) is -4.68. The van der Waals surface area contributed by atoms with Crippen LogP contribution in [0.1, 0.15) is 22.3 Å². The highest BCUT2D eigenvalue weighted by Gasteiger charge is 2.34. The van der Waals surface area contributed by atoms with E-state index >= 15 is 0 Å². The van der Waals surface area contributed by atoms with Crippen molar-refractivity contribution in [3.05, 3.63) is 80.7 Å². The summed E-state index contributed by atoms with van der Waals surface area (Å²) in [6, 6.07) is 10.6. The molecule has 0 aliphatic heterocycles. The van der Waals surface area contributed by atoms with Gasteiger partial charge in [0, 0.05) is 29.7 Å². The van der Waals surface area contributed by atoms with E-state index in [0.717, 1.165) is 29.0 Å². The maximum absolute atomic E-state index is 13.4. The highest BCUT2D eigenvalue weighted by atomic mass is 32.1. The summed E-state index contributed by atoms with van der Waals surface area (Å²) in [5.41, 5.74) is 2.00. The normalized spacial score (nSPS) is 11.2. The Kier molecular flexibility index (Phi) is 5.66. The van der Waals surface area contributed by atoms with Crippen LogP contribution in [0.15, 0.2) is 43.0 Å². The average Bonchev–Trinajstić information content (AvgIpc) is 2.94. The van der Waals surface area contributed by atoms with Gasteiger partial charge in [0.2, 0.25) is 0 Å². The maximum Gasteiger partial charge on any atom is 0.417 e. The molecule has 3 aromatic rings. The first kappa shape index (κ1) is 22.1. The number of nitrogens with one attached hydrogen (secondary N) is 1. The monoisotopic (exact) mass is 440 g/mol. The van der Waals surface area contributed by atoms with Crippen molar-refractivity contribution < 1.29 is 13.2 Å². The molecule has 0 aliphatic carbocycles. The molecule has 1 aromatic heterocycles. The highest BCUT2D eigenvalue weighted by molar-refractivity contribution is 7.71. The SMILES string of the molecule is C=C(NC)c1ccc(-n2c(=C)c(=C)n(-c3ccc(C#N)c(C(F)(F)F)c3)c2=S)cc1C. The van der Waals surface area contributed by atoms with Gasteiger partial charge in [-0.1, -0.05) is 25.8 Å². The molecular weight excluding hydrogens is 421 g/mol. The van der Waals surface area contributed by atoms with E-state index < -0.39 is 17.3 Å². The zero-order valence-electron chi connectivity index (χ0n) is 17.0. The van der Waals surface area contributed by atoms with Gasteiger partial charge in [-0.25, -0.2) is 0 Å². The molecule has 4 nitrogen and oxygen atoms in total. The smallest absolute Gasteiger partial charge is 0.388 e. The largest absolute Gasteiger partial charge is 0.417 e. The van der Waals surface area contributed by atoms with E-state index in [1.54, 1.807) is 17.7 Å². The molecule has 0 saturated carbocycles. The van der Waals surface area contributed by atoms with Crippen molar-refractivity contribution in [3.8, 4) is 17.4 Å². The molecule has 158 valence electrons. The minimum absolute atomic E-state index is 0.155. The van der Waals surface area contributed by atoms with Crippen LogP contribution >= 0.6 is 12.2 Å². The van der Waals surface area contributed by atoms with Crippen molar-refractivity contribution >= 4 is 31.1 Å². The molecule has 0 saturated heterocycles. The fourth-order valence-electron chi connectivity index (χ4n) is 3.39. The molecule has 2 aromatic carbocycles. The second kappa shape index (κ2) is 7.93. The van der Waals surface area contributed by atoms with Gasteiger partial charge >= 0.3 is 6.18 Å². The van der Waals surface area contributed by atoms with Crippen molar-refractivity contribution in [2.75, 3.05) is 7.05 Å². The van der Waals surface area contributed by atoms with Crippen LogP contribution in [0, 0.1) is 23.0 Å². The number of hydrogen-bond donors (Lipinski definition) is 1. The molecular formula is C23H19F3N4S. The minimum atomic E-state index is -4.68. The van der Waals surface area contributed by atoms with E-state index in [9.17, 15) is 13.2 Å². The molecule has 0 fully saturated rings. The summed E-state index contributed by atoms with van der Waals surface area (Å²) in [5, 5.41) is 12.8. The van der Waals surface area contributed by atoms with Gasteiger partial charge in [0.05, 0.1) is 27.9 Å². The molecule has 31 heavy (non-hydrogen) atoms. The van der Waals surface area contributed by atoms with Crippen LogP contribution < -0.4 is 16.0 Å². The van der Waals surface area contributed by atoms with Crippen LogP contribution in [0.3, 0.4) is 0 Å². The molecule has 0 aliphatic rings. The second-order valence-electron chi connectivity index (χ2n) is 6.91. The zero-order chi connectivity index (χ0) is 23.1. The van der Waals surface area contributed by atoms with Crippen LogP contribution in [0.2, 0.25) is 0 Å².